The van der Waals surface area contributed by atoms with E-state index in [4.69, 9.17) is 10.2 Å². The van der Waals surface area contributed by atoms with Crippen LogP contribution in [0.3, 0.4) is 0 Å². The van der Waals surface area contributed by atoms with Gasteiger partial charge in [0.2, 0.25) is 0 Å². The van der Waals surface area contributed by atoms with E-state index >= 15 is 0 Å². The van der Waals surface area contributed by atoms with Crippen molar-refractivity contribution in [2.24, 2.45) is 0 Å². The molecule has 0 fully saturated rings. The molecule has 0 aliphatic rings. The van der Waals surface area contributed by atoms with E-state index in [2.05, 4.69) is 0 Å². The fourth-order valence-electron chi connectivity index (χ4n) is 1.57. The van der Waals surface area contributed by atoms with Crippen LogP contribution in [-0.4, -0.2) is 52.6 Å². The number of hydrogen-bond donors (Lipinski definition) is 3. The lowest BCUT2D eigenvalue weighted by Crippen LogP contribution is -2.35. The topological polar surface area (TPSA) is 63.9 Å². The zero-order chi connectivity index (χ0) is 11.8. The summed E-state index contributed by atoms with van der Waals surface area (Å²) in [5.41, 5.74) is 1.13. The molecule has 1 aromatic carbocycles. The van der Waals surface area contributed by atoms with E-state index in [-0.39, 0.29) is 13.2 Å². The van der Waals surface area contributed by atoms with Crippen molar-refractivity contribution in [3.8, 4) is 0 Å². The summed E-state index contributed by atoms with van der Waals surface area (Å²) >= 11 is 0. The van der Waals surface area contributed by atoms with Crippen molar-refractivity contribution >= 4 is 0 Å². The van der Waals surface area contributed by atoms with Crippen LogP contribution in [0.4, 0.5) is 0 Å². The highest BCUT2D eigenvalue weighted by atomic mass is 16.3. The van der Waals surface area contributed by atoms with Crippen LogP contribution < -0.4 is 0 Å². The summed E-state index contributed by atoms with van der Waals surface area (Å²) in [7, 11) is 0. The van der Waals surface area contributed by atoms with Crippen LogP contribution in [0.15, 0.2) is 30.3 Å². The Hall–Kier alpha value is -0.940. The smallest absolute Gasteiger partial charge is 0.0897 e. The molecule has 0 saturated carbocycles. The van der Waals surface area contributed by atoms with Crippen molar-refractivity contribution in [3.63, 3.8) is 0 Å². The Balaban J connectivity index is 2.50. The number of hydrogen-bond acceptors (Lipinski definition) is 4. The summed E-state index contributed by atoms with van der Waals surface area (Å²) in [6.07, 6.45) is -0.754. The van der Waals surface area contributed by atoms with E-state index < -0.39 is 6.10 Å². The monoisotopic (exact) mass is 225 g/mol. The minimum atomic E-state index is -0.754. The van der Waals surface area contributed by atoms with Crippen molar-refractivity contribution in [1.82, 2.24) is 4.90 Å². The molecule has 1 atom stereocenters. The Labute approximate surface area is 95.8 Å². The molecule has 0 spiro atoms. The van der Waals surface area contributed by atoms with Gasteiger partial charge in [0.1, 0.15) is 0 Å². The molecule has 4 heteroatoms. The van der Waals surface area contributed by atoms with Gasteiger partial charge in [-0.1, -0.05) is 30.3 Å². The van der Waals surface area contributed by atoms with Gasteiger partial charge in [0.15, 0.2) is 0 Å². The molecule has 4 nitrogen and oxygen atoms in total. The van der Waals surface area contributed by atoms with Crippen LogP contribution in [0, 0.1) is 0 Å². The Morgan fingerprint density at radius 1 is 1.12 bits per heavy atom. The molecule has 16 heavy (non-hydrogen) atoms. The van der Waals surface area contributed by atoms with Crippen molar-refractivity contribution < 1.29 is 15.3 Å². The Morgan fingerprint density at radius 2 is 1.81 bits per heavy atom. The van der Waals surface area contributed by atoms with Gasteiger partial charge < -0.3 is 15.3 Å². The van der Waals surface area contributed by atoms with Crippen molar-refractivity contribution in [1.29, 1.82) is 0 Å². The summed E-state index contributed by atoms with van der Waals surface area (Å²) in [4.78, 5) is 1.91. The Morgan fingerprint density at radius 3 is 2.38 bits per heavy atom. The molecule has 0 bridgehead atoms. The van der Waals surface area contributed by atoms with Gasteiger partial charge in [0, 0.05) is 19.6 Å². The van der Waals surface area contributed by atoms with E-state index in [1.165, 1.54) is 0 Å². The van der Waals surface area contributed by atoms with E-state index in [1.54, 1.807) is 0 Å². The predicted octanol–water partition coefficient (Wildman–Crippen LogP) is -0.166. The summed E-state index contributed by atoms with van der Waals surface area (Å²) in [6, 6.07) is 9.84. The largest absolute Gasteiger partial charge is 0.395 e. The van der Waals surface area contributed by atoms with Crippen molar-refractivity contribution in [2.75, 3.05) is 26.3 Å². The third-order valence-corrected chi connectivity index (χ3v) is 2.34. The second-order valence-corrected chi connectivity index (χ2v) is 3.78. The van der Waals surface area contributed by atoms with Gasteiger partial charge in [-0.05, 0) is 5.56 Å². The van der Waals surface area contributed by atoms with Crippen molar-refractivity contribution in [2.45, 2.75) is 12.6 Å². The zero-order valence-electron chi connectivity index (χ0n) is 9.29. The fourth-order valence-corrected chi connectivity index (χ4v) is 1.57. The maximum absolute atomic E-state index is 9.36. The molecule has 0 unspecified atom stereocenters. The summed E-state index contributed by atoms with van der Waals surface area (Å²) < 4.78 is 0. The molecule has 1 aromatic rings. The maximum Gasteiger partial charge on any atom is 0.0897 e. The van der Waals surface area contributed by atoms with Gasteiger partial charge in [0.05, 0.1) is 19.3 Å². The quantitative estimate of drug-likeness (QED) is 0.603. The molecule has 1 rings (SSSR count). The summed E-state index contributed by atoms with van der Waals surface area (Å²) in [5.74, 6) is 0. The van der Waals surface area contributed by atoms with Gasteiger partial charge in [-0.25, -0.2) is 0 Å². The molecule has 0 saturated heterocycles. The average Bonchev–Trinajstić information content (AvgIpc) is 2.30. The van der Waals surface area contributed by atoms with Crippen LogP contribution >= 0.6 is 0 Å². The molecule has 0 aromatic heterocycles. The van der Waals surface area contributed by atoms with E-state index in [0.717, 1.165) is 5.56 Å². The third-order valence-electron chi connectivity index (χ3n) is 2.34. The first kappa shape index (κ1) is 13.1. The Bertz CT molecular complexity index is 279. The molecule has 0 amide bonds. The molecule has 0 aliphatic heterocycles. The number of rotatable bonds is 7. The van der Waals surface area contributed by atoms with Gasteiger partial charge in [-0.2, -0.15) is 0 Å². The van der Waals surface area contributed by atoms with Crippen LogP contribution in [0.2, 0.25) is 0 Å². The predicted molar refractivity (Wildman–Crippen MR) is 61.9 cm³/mol. The number of aliphatic hydroxyl groups is 3. The van der Waals surface area contributed by atoms with Gasteiger partial charge >= 0.3 is 0 Å². The van der Waals surface area contributed by atoms with Gasteiger partial charge in [-0.15, -0.1) is 0 Å². The second kappa shape index (κ2) is 7.35. The van der Waals surface area contributed by atoms with Crippen LogP contribution in [0.1, 0.15) is 5.56 Å². The minimum Gasteiger partial charge on any atom is -0.395 e. The SMILES string of the molecule is OCCN(Cc1ccccc1)C[C@H](O)CO. The summed E-state index contributed by atoms with van der Waals surface area (Å²) in [6.45, 7) is 1.32. The molecular formula is C12H19NO3. The lowest BCUT2D eigenvalue weighted by molar-refractivity contribution is 0.0509. The van der Waals surface area contributed by atoms with Gasteiger partial charge in [-0.3, -0.25) is 4.90 Å². The Kier molecular flexibility index (Phi) is 6.03. The van der Waals surface area contributed by atoms with Crippen LogP contribution in [-0.2, 0) is 6.54 Å². The molecular weight excluding hydrogens is 206 g/mol. The lowest BCUT2D eigenvalue weighted by atomic mass is 10.2. The van der Waals surface area contributed by atoms with Crippen LogP contribution in [0.25, 0.3) is 0 Å². The highest BCUT2D eigenvalue weighted by Crippen LogP contribution is 2.04. The van der Waals surface area contributed by atoms with E-state index in [0.29, 0.717) is 19.6 Å². The molecule has 3 N–H and O–H groups in total. The van der Waals surface area contributed by atoms with E-state index in [9.17, 15) is 5.11 Å². The van der Waals surface area contributed by atoms with E-state index in [1.807, 2.05) is 35.2 Å². The second-order valence-electron chi connectivity index (χ2n) is 3.78. The lowest BCUT2D eigenvalue weighted by Gasteiger charge is -2.23. The number of aliphatic hydroxyl groups excluding tert-OH is 3. The molecule has 90 valence electrons. The zero-order valence-corrected chi connectivity index (χ0v) is 9.29. The van der Waals surface area contributed by atoms with Crippen LogP contribution in [0.5, 0.6) is 0 Å². The highest BCUT2D eigenvalue weighted by Gasteiger charge is 2.10. The number of nitrogens with zero attached hydrogens (tertiary/aromatic N) is 1. The molecule has 0 radical (unpaired) electrons. The average molecular weight is 225 g/mol. The molecule has 0 heterocycles. The maximum atomic E-state index is 9.36. The molecule has 0 aliphatic carbocycles. The standard InChI is InChI=1S/C12H19NO3/c14-7-6-13(9-12(16)10-15)8-11-4-2-1-3-5-11/h1-5,12,14-16H,6-10H2/t12-/m0/s1. The van der Waals surface area contributed by atoms with Crippen molar-refractivity contribution in [3.05, 3.63) is 35.9 Å². The first-order valence-corrected chi connectivity index (χ1v) is 5.42. The highest BCUT2D eigenvalue weighted by molar-refractivity contribution is 5.14. The van der Waals surface area contributed by atoms with Gasteiger partial charge in [0.25, 0.3) is 0 Å². The minimum absolute atomic E-state index is 0.0466. The third kappa shape index (κ3) is 4.72. The first-order chi connectivity index (χ1) is 7.76. The number of benzene rings is 1. The fraction of sp³-hybridized carbons (Fsp3) is 0.500. The summed E-state index contributed by atoms with van der Waals surface area (Å²) in [5, 5.41) is 27.1. The normalized spacial score (nSPS) is 13.0. The first-order valence-electron chi connectivity index (χ1n) is 5.42.